The van der Waals surface area contributed by atoms with Gasteiger partial charge in [-0.15, -0.1) is 11.3 Å². The molecule has 0 bridgehead atoms. The summed E-state index contributed by atoms with van der Waals surface area (Å²) in [5.74, 6) is -0.874. The molecule has 2 rings (SSSR count). The molecule has 0 saturated carbocycles. The number of hydrogen-bond donors (Lipinski definition) is 2. The van der Waals surface area contributed by atoms with E-state index < -0.39 is 11.7 Å². The lowest BCUT2D eigenvalue weighted by Crippen LogP contribution is -2.30. The maximum absolute atomic E-state index is 13.1. The zero-order valence-corrected chi connectivity index (χ0v) is 12.3. The molecule has 0 spiro atoms. The zero-order valence-electron chi connectivity index (χ0n) is 10.7. The number of carbonyl (C=O) groups is 1. The maximum Gasteiger partial charge on any atom is 0.231 e. The van der Waals surface area contributed by atoms with Gasteiger partial charge in [-0.25, -0.2) is 9.37 Å². The van der Waals surface area contributed by atoms with E-state index in [0.29, 0.717) is 0 Å². The predicted octanol–water partition coefficient (Wildman–Crippen LogP) is 2.74. The van der Waals surface area contributed by atoms with Gasteiger partial charge in [0.05, 0.1) is 23.3 Å². The lowest BCUT2D eigenvalue weighted by Gasteiger charge is -2.08. The fraction of sp³-hybridized carbons (Fsp3) is 0.231. The van der Waals surface area contributed by atoms with Gasteiger partial charge in [-0.2, -0.15) is 0 Å². The number of halogens is 2. The number of nitrogens with one attached hydrogen (secondary N) is 1. The Morgan fingerprint density at radius 3 is 3.00 bits per heavy atom. The van der Waals surface area contributed by atoms with Crippen molar-refractivity contribution in [2.75, 3.05) is 6.54 Å². The molecule has 0 fully saturated rings. The molecule has 0 saturated heterocycles. The Hall–Kier alpha value is -1.50. The standard InChI is InChI=1S/C13H13ClFN3OS/c1-7(17-5-12(16)19)13-18-11(6-20-13)8-2-3-10(15)9(14)4-8/h2-4,6-7,17H,5H2,1H3,(H2,16,19)/t7-/m0/s1. The van der Waals surface area contributed by atoms with Crippen LogP contribution in [0.15, 0.2) is 23.6 Å². The highest BCUT2D eigenvalue weighted by molar-refractivity contribution is 7.10. The minimum absolute atomic E-state index is 0.0666. The number of hydrogen-bond acceptors (Lipinski definition) is 4. The van der Waals surface area contributed by atoms with Crippen molar-refractivity contribution in [2.24, 2.45) is 5.73 Å². The average Bonchev–Trinajstić information content (AvgIpc) is 2.89. The number of carbonyl (C=O) groups excluding carboxylic acids is 1. The second kappa shape index (κ2) is 6.30. The number of benzene rings is 1. The van der Waals surface area contributed by atoms with Crippen LogP contribution in [0.5, 0.6) is 0 Å². The normalized spacial score (nSPS) is 12.3. The predicted molar refractivity (Wildman–Crippen MR) is 78.1 cm³/mol. The van der Waals surface area contributed by atoms with E-state index in [1.165, 1.54) is 23.5 Å². The summed E-state index contributed by atoms with van der Waals surface area (Å²) in [4.78, 5) is 15.2. The third-order valence-electron chi connectivity index (χ3n) is 2.69. The van der Waals surface area contributed by atoms with E-state index in [1.807, 2.05) is 12.3 Å². The third-order valence-corrected chi connectivity index (χ3v) is 4.01. The van der Waals surface area contributed by atoms with Crippen molar-refractivity contribution < 1.29 is 9.18 Å². The Bertz CT molecular complexity index is 632. The molecule has 2 aromatic rings. The Balaban J connectivity index is 2.15. The van der Waals surface area contributed by atoms with E-state index in [0.717, 1.165) is 16.3 Å². The summed E-state index contributed by atoms with van der Waals surface area (Å²) in [6, 6.07) is 4.39. The Morgan fingerprint density at radius 2 is 2.35 bits per heavy atom. The van der Waals surface area contributed by atoms with E-state index in [9.17, 15) is 9.18 Å². The SMILES string of the molecule is C[C@H](NCC(N)=O)c1nc(-c2ccc(F)c(Cl)c2)cs1. The molecule has 20 heavy (non-hydrogen) atoms. The van der Waals surface area contributed by atoms with Gasteiger partial charge in [-0.05, 0) is 25.1 Å². The molecule has 0 radical (unpaired) electrons. The lowest BCUT2D eigenvalue weighted by atomic mass is 10.2. The molecule has 1 heterocycles. The van der Waals surface area contributed by atoms with E-state index >= 15 is 0 Å². The summed E-state index contributed by atoms with van der Waals surface area (Å²) in [6.45, 7) is 1.99. The van der Waals surface area contributed by atoms with E-state index in [4.69, 9.17) is 17.3 Å². The summed E-state index contributed by atoms with van der Waals surface area (Å²) < 4.78 is 13.1. The Morgan fingerprint density at radius 1 is 1.60 bits per heavy atom. The molecule has 7 heteroatoms. The first-order valence-electron chi connectivity index (χ1n) is 5.90. The number of aromatic nitrogens is 1. The van der Waals surface area contributed by atoms with Crippen LogP contribution >= 0.6 is 22.9 Å². The van der Waals surface area contributed by atoms with Crippen LogP contribution in [0.25, 0.3) is 11.3 Å². The summed E-state index contributed by atoms with van der Waals surface area (Å²) in [5.41, 5.74) is 6.55. The van der Waals surface area contributed by atoms with Crippen LogP contribution in [-0.2, 0) is 4.79 Å². The van der Waals surface area contributed by atoms with Crippen molar-refractivity contribution in [1.82, 2.24) is 10.3 Å². The molecule has 4 nitrogen and oxygen atoms in total. The van der Waals surface area contributed by atoms with Crippen LogP contribution in [-0.4, -0.2) is 17.4 Å². The summed E-state index contributed by atoms with van der Waals surface area (Å²) in [7, 11) is 0. The van der Waals surface area contributed by atoms with Crippen molar-refractivity contribution in [3.8, 4) is 11.3 Å². The minimum atomic E-state index is -0.456. The van der Waals surface area contributed by atoms with Crippen molar-refractivity contribution in [3.05, 3.63) is 39.4 Å². The van der Waals surface area contributed by atoms with Crippen LogP contribution in [0.4, 0.5) is 4.39 Å². The van der Waals surface area contributed by atoms with Gasteiger partial charge < -0.3 is 5.73 Å². The van der Waals surface area contributed by atoms with E-state index in [1.54, 1.807) is 6.07 Å². The Kier molecular flexibility index (Phi) is 4.69. The van der Waals surface area contributed by atoms with Gasteiger partial charge in [0.1, 0.15) is 10.8 Å². The van der Waals surface area contributed by atoms with Crippen molar-refractivity contribution in [2.45, 2.75) is 13.0 Å². The number of rotatable bonds is 5. The van der Waals surface area contributed by atoms with Gasteiger partial charge >= 0.3 is 0 Å². The molecule has 0 aliphatic rings. The van der Waals surface area contributed by atoms with E-state index in [2.05, 4.69) is 10.3 Å². The van der Waals surface area contributed by atoms with Gasteiger partial charge in [-0.3, -0.25) is 10.1 Å². The smallest absolute Gasteiger partial charge is 0.231 e. The first-order valence-corrected chi connectivity index (χ1v) is 7.15. The quantitative estimate of drug-likeness (QED) is 0.892. The summed E-state index contributed by atoms with van der Waals surface area (Å²) in [6.07, 6.45) is 0. The molecular weight excluding hydrogens is 301 g/mol. The fourth-order valence-electron chi connectivity index (χ4n) is 1.62. The maximum atomic E-state index is 13.1. The molecule has 0 aliphatic carbocycles. The number of primary amides is 1. The molecule has 3 N–H and O–H groups in total. The largest absolute Gasteiger partial charge is 0.369 e. The van der Waals surface area contributed by atoms with Crippen LogP contribution in [0.3, 0.4) is 0 Å². The Labute approximate surface area is 124 Å². The highest BCUT2D eigenvalue weighted by Gasteiger charge is 2.12. The van der Waals surface area contributed by atoms with Crippen molar-refractivity contribution >= 4 is 28.8 Å². The highest BCUT2D eigenvalue weighted by Crippen LogP contribution is 2.28. The molecule has 0 unspecified atom stereocenters. The number of nitrogens with zero attached hydrogens (tertiary/aromatic N) is 1. The third kappa shape index (κ3) is 3.53. The molecule has 1 atom stereocenters. The summed E-state index contributed by atoms with van der Waals surface area (Å²) in [5, 5.41) is 5.72. The molecule has 1 aromatic heterocycles. The van der Waals surface area contributed by atoms with Crippen molar-refractivity contribution in [3.63, 3.8) is 0 Å². The molecule has 1 amide bonds. The van der Waals surface area contributed by atoms with Gasteiger partial charge in [0.15, 0.2) is 0 Å². The van der Waals surface area contributed by atoms with Gasteiger partial charge in [-0.1, -0.05) is 11.6 Å². The van der Waals surface area contributed by atoms with Gasteiger partial charge in [0, 0.05) is 10.9 Å². The second-order valence-corrected chi connectivity index (χ2v) is 5.57. The fourth-order valence-corrected chi connectivity index (χ4v) is 2.66. The topological polar surface area (TPSA) is 68.0 Å². The molecule has 1 aromatic carbocycles. The van der Waals surface area contributed by atoms with Crippen LogP contribution in [0, 0.1) is 5.82 Å². The number of thiazole rings is 1. The van der Waals surface area contributed by atoms with Crippen molar-refractivity contribution in [1.29, 1.82) is 0 Å². The first-order chi connectivity index (χ1) is 9.47. The second-order valence-electron chi connectivity index (χ2n) is 4.27. The average molecular weight is 314 g/mol. The van der Waals surface area contributed by atoms with Crippen LogP contribution < -0.4 is 11.1 Å². The van der Waals surface area contributed by atoms with Gasteiger partial charge in [0.25, 0.3) is 0 Å². The number of nitrogens with two attached hydrogens (primary N) is 1. The molecule has 0 aliphatic heterocycles. The highest BCUT2D eigenvalue weighted by atomic mass is 35.5. The molecular formula is C13H13ClFN3OS. The number of amides is 1. The summed E-state index contributed by atoms with van der Waals surface area (Å²) >= 11 is 7.21. The van der Waals surface area contributed by atoms with Crippen LogP contribution in [0.1, 0.15) is 18.0 Å². The minimum Gasteiger partial charge on any atom is -0.369 e. The molecule has 106 valence electrons. The monoisotopic (exact) mass is 313 g/mol. The lowest BCUT2D eigenvalue weighted by molar-refractivity contribution is -0.117. The van der Waals surface area contributed by atoms with Gasteiger partial charge in [0.2, 0.25) is 5.91 Å². The zero-order chi connectivity index (χ0) is 14.7. The first kappa shape index (κ1) is 14.9. The van der Waals surface area contributed by atoms with Crippen LogP contribution in [0.2, 0.25) is 5.02 Å². The van der Waals surface area contributed by atoms with E-state index in [-0.39, 0.29) is 17.6 Å².